The van der Waals surface area contributed by atoms with Crippen molar-refractivity contribution in [2.45, 2.75) is 26.8 Å². The lowest BCUT2D eigenvalue weighted by Gasteiger charge is -2.34. The molecule has 4 aromatic rings. The van der Waals surface area contributed by atoms with E-state index in [1.54, 1.807) is 12.4 Å². The van der Waals surface area contributed by atoms with E-state index in [0.717, 1.165) is 48.8 Å². The lowest BCUT2D eigenvalue weighted by Crippen LogP contribution is -2.39. The van der Waals surface area contributed by atoms with Gasteiger partial charge in [0.15, 0.2) is 5.82 Å². The number of nitrogens with one attached hydrogen (secondary N) is 2. The highest BCUT2D eigenvalue weighted by Gasteiger charge is 2.27. The Morgan fingerprint density at radius 2 is 1.72 bits per heavy atom. The van der Waals surface area contributed by atoms with Gasteiger partial charge in [-0.3, -0.25) is 9.78 Å². The molecule has 2 N–H and O–H groups in total. The van der Waals surface area contributed by atoms with Crippen LogP contribution in [-0.2, 0) is 17.7 Å². The highest BCUT2D eigenvalue weighted by molar-refractivity contribution is 9.10. The number of H-pyrrole nitrogens is 1. The van der Waals surface area contributed by atoms with Crippen molar-refractivity contribution in [1.82, 2.24) is 29.9 Å². The number of rotatable bonds is 5. The predicted octanol–water partition coefficient (Wildman–Crippen LogP) is 3.95. The largest absolute Gasteiger partial charge is 0.378 e. The lowest BCUT2D eigenvalue weighted by atomic mass is 10.0. The molecule has 0 aliphatic carbocycles. The summed E-state index contributed by atoms with van der Waals surface area (Å²) >= 11 is 3.25. The standard InChI is InChI=1S/C25H24BrN9O2.C2H6/c26-20-14-21(36)32-24(31-20)29-17-4-2-16(3-5-17)22-30-19-15-35(25-27-7-1-8-28-25)9-6-18(19)23(33-22)34-10-12-37-13-11-34;1-2/h1-5,7-8,14H,6,9-13,15H2,(H2,29,31,32,36);1-2H3. The highest BCUT2D eigenvalue weighted by atomic mass is 79.9. The summed E-state index contributed by atoms with van der Waals surface area (Å²) in [6.07, 6.45) is 4.34. The Labute approximate surface area is 234 Å². The maximum absolute atomic E-state index is 11.7. The summed E-state index contributed by atoms with van der Waals surface area (Å²) in [6.45, 7) is 8.40. The molecule has 3 aromatic heterocycles. The molecule has 202 valence electrons. The Kier molecular flexibility index (Phi) is 8.42. The molecule has 39 heavy (non-hydrogen) atoms. The van der Waals surface area contributed by atoms with Gasteiger partial charge in [0.2, 0.25) is 11.9 Å². The molecule has 0 saturated carbocycles. The van der Waals surface area contributed by atoms with Gasteiger partial charge in [-0.2, -0.15) is 0 Å². The topological polar surface area (TPSA) is 125 Å². The van der Waals surface area contributed by atoms with Crippen molar-refractivity contribution >= 4 is 39.3 Å². The number of ether oxygens (including phenoxy) is 1. The van der Waals surface area contributed by atoms with Gasteiger partial charge < -0.3 is 19.9 Å². The van der Waals surface area contributed by atoms with E-state index in [-0.39, 0.29) is 5.56 Å². The van der Waals surface area contributed by atoms with E-state index in [0.29, 0.717) is 42.1 Å². The van der Waals surface area contributed by atoms with Gasteiger partial charge in [-0.1, -0.05) is 13.8 Å². The Morgan fingerprint density at radius 1 is 0.974 bits per heavy atom. The van der Waals surface area contributed by atoms with Crippen molar-refractivity contribution in [2.24, 2.45) is 0 Å². The number of aromatic nitrogens is 6. The minimum Gasteiger partial charge on any atom is -0.378 e. The second-order valence-corrected chi connectivity index (χ2v) is 9.55. The summed E-state index contributed by atoms with van der Waals surface area (Å²) in [5.74, 6) is 2.71. The molecule has 0 unspecified atom stereocenters. The van der Waals surface area contributed by atoms with Crippen LogP contribution in [0, 0.1) is 0 Å². The van der Waals surface area contributed by atoms with E-state index in [4.69, 9.17) is 14.7 Å². The number of fused-ring (bicyclic) bond motifs is 1. The van der Waals surface area contributed by atoms with Crippen LogP contribution in [0.3, 0.4) is 0 Å². The highest BCUT2D eigenvalue weighted by Crippen LogP contribution is 2.31. The summed E-state index contributed by atoms with van der Waals surface area (Å²) in [7, 11) is 0. The molecule has 0 amide bonds. The van der Waals surface area contributed by atoms with Crippen LogP contribution >= 0.6 is 15.9 Å². The van der Waals surface area contributed by atoms with Gasteiger partial charge >= 0.3 is 0 Å². The smallest absolute Gasteiger partial charge is 0.253 e. The third-order valence-corrected chi connectivity index (χ3v) is 6.71. The van der Waals surface area contributed by atoms with E-state index >= 15 is 0 Å². The second kappa shape index (κ2) is 12.3. The SMILES string of the molecule is CC.O=c1cc(Br)nc(Nc2ccc(-c3nc4c(c(N5CCOCC5)n3)CCN(c3ncccn3)C4)cc2)[nH]1. The van der Waals surface area contributed by atoms with Crippen molar-refractivity contribution < 1.29 is 4.74 Å². The van der Waals surface area contributed by atoms with Crippen LogP contribution < -0.4 is 20.7 Å². The maximum atomic E-state index is 11.7. The van der Waals surface area contributed by atoms with Crippen molar-refractivity contribution in [3.8, 4) is 11.4 Å². The van der Waals surface area contributed by atoms with Crippen LogP contribution in [0.15, 0.2) is 58.2 Å². The molecule has 0 bridgehead atoms. The molecule has 12 heteroatoms. The van der Waals surface area contributed by atoms with Crippen LogP contribution in [0.2, 0.25) is 0 Å². The average Bonchev–Trinajstić information content (AvgIpc) is 2.98. The summed E-state index contributed by atoms with van der Waals surface area (Å²) in [4.78, 5) is 42.0. The molecular formula is C27H30BrN9O2. The first-order valence-electron chi connectivity index (χ1n) is 13.0. The molecule has 11 nitrogen and oxygen atoms in total. The van der Waals surface area contributed by atoms with Gasteiger partial charge in [-0.15, -0.1) is 0 Å². The number of aromatic amines is 1. The number of nitrogens with zero attached hydrogens (tertiary/aromatic N) is 7. The van der Waals surface area contributed by atoms with Gasteiger partial charge in [0.05, 0.1) is 25.5 Å². The third-order valence-electron chi connectivity index (χ3n) is 6.31. The summed E-state index contributed by atoms with van der Waals surface area (Å²) in [5.41, 5.74) is 3.61. The van der Waals surface area contributed by atoms with Crippen LogP contribution in [0.25, 0.3) is 11.4 Å². The molecular weight excluding hydrogens is 562 g/mol. The fourth-order valence-electron chi connectivity index (χ4n) is 4.53. The van der Waals surface area contributed by atoms with Crippen LogP contribution in [-0.4, -0.2) is 62.8 Å². The minimum atomic E-state index is -0.242. The van der Waals surface area contributed by atoms with Gasteiger partial charge in [0, 0.05) is 54.9 Å². The minimum absolute atomic E-state index is 0.242. The zero-order valence-corrected chi connectivity index (χ0v) is 23.5. The fraction of sp³-hybridized carbons (Fsp3) is 0.333. The second-order valence-electron chi connectivity index (χ2n) is 8.73. The normalized spacial score (nSPS) is 14.7. The Bertz CT molecular complexity index is 1460. The first-order valence-corrected chi connectivity index (χ1v) is 13.8. The number of anilines is 4. The van der Waals surface area contributed by atoms with Crippen molar-refractivity contribution in [3.63, 3.8) is 0 Å². The van der Waals surface area contributed by atoms with E-state index < -0.39 is 0 Å². The van der Waals surface area contributed by atoms with Gasteiger partial charge in [-0.05, 0) is 52.7 Å². The molecule has 0 radical (unpaired) electrons. The summed E-state index contributed by atoms with van der Waals surface area (Å²) in [5, 5.41) is 3.12. The monoisotopic (exact) mass is 591 g/mol. The van der Waals surface area contributed by atoms with Crippen molar-refractivity contribution in [3.05, 3.63) is 75.0 Å². The Hall–Kier alpha value is -3.90. The molecule has 5 heterocycles. The number of hydrogen-bond acceptors (Lipinski definition) is 10. The van der Waals surface area contributed by atoms with Crippen LogP contribution in [0.5, 0.6) is 0 Å². The van der Waals surface area contributed by atoms with Gasteiger partial charge in [-0.25, -0.2) is 24.9 Å². The van der Waals surface area contributed by atoms with Crippen LogP contribution in [0.4, 0.5) is 23.4 Å². The van der Waals surface area contributed by atoms with E-state index in [2.05, 4.69) is 51.0 Å². The molecule has 1 fully saturated rings. The zero-order valence-electron chi connectivity index (χ0n) is 21.9. The fourth-order valence-corrected chi connectivity index (χ4v) is 4.91. The lowest BCUT2D eigenvalue weighted by molar-refractivity contribution is 0.122. The molecule has 0 spiro atoms. The zero-order chi connectivity index (χ0) is 27.2. The molecule has 2 aliphatic rings. The molecule has 6 rings (SSSR count). The number of benzene rings is 1. The quantitative estimate of drug-likeness (QED) is 0.329. The van der Waals surface area contributed by atoms with Crippen molar-refractivity contribution in [2.75, 3.05) is 48.0 Å². The molecule has 0 atom stereocenters. The Morgan fingerprint density at radius 3 is 2.44 bits per heavy atom. The van der Waals surface area contributed by atoms with E-state index in [9.17, 15) is 4.79 Å². The van der Waals surface area contributed by atoms with E-state index in [1.165, 1.54) is 11.6 Å². The van der Waals surface area contributed by atoms with Crippen molar-refractivity contribution in [1.29, 1.82) is 0 Å². The first kappa shape index (κ1) is 26.7. The van der Waals surface area contributed by atoms with E-state index in [1.807, 2.05) is 44.2 Å². The molecule has 1 aromatic carbocycles. The number of halogens is 1. The third kappa shape index (κ3) is 6.23. The summed E-state index contributed by atoms with van der Waals surface area (Å²) in [6, 6.07) is 10.9. The number of hydrogen-bond donors (Lipinski definition) is 2. The summed E-state index contributed by atoms with van der Waals surface area (Å²) < 4.78 is 6.05. The number of morpholine rings is 1. The van der Waals surface area contributed by atoms with Gasteiger partial charge in [0.25, 0.3) is 5.56 Å². The van der Waals surface area contributed by atoms with Crippen LogP contribution in [0.1, 0.15) is 25.1 Å². The predicted molar refractivity (Wildman–Crippen MR) is 154 cm³/mol. The first-order chi connectivity index (χ1) is 19.1. The maximum Gasteiger partial charge on any atom is 0.253 e. The van der Waals surface area contributed by atoms with Gasteiger partial charge in [0.1, 0.15) is 10.4 Å². The Balaban J connectivity index is 0.00000151. The molecule has 1 saturated heterocycles. The molecule has 2 aliphatic heterocycles. The average molecular weight is 593 g/mol.